The summed E-state index contributed by atoms with van der Waals surface area (Å²) in [4.78, 5) is 28.3. The molecule has 0 fully saturated rings. The number of hydrogen-bond acceptors (Lipinski definition) is 8. The first-order chi connectivity index (χ1) is 16.9. The van der Waals surface area contributed by atoms with Crippen LogP contribution < -0.4 is 5.56 Å². The van der Waals surface area contributed by atoms with E-state index in [1.54, 1.807) is 43.3 Å². The molecule has 3 aromatic carbocycles. The van der Waals surface area contributed by atoms with Gasteiger partial charge in [-0.25, -0.2) is 9.37 Å². The highest BCUT2D eigenvalue weighted by Crippen LogP contribution is 2.35. The molecule has 0 aliphatic carbocycles. The second-order valence-electron chi connectivity index (χ2n) is 7.51. The smallest absolute Gasteiger partial charge is 0.269 e. The molecule has 0 amide bonds. The highest BCUT2D eigenvalue weighted by molar-refractivity contribution is 7.99. The van der Waals surface area contributed by atoms with Gasteiger partial charge in [0.1, 0.15) is 5.82 Å². The van der Waals surface area contributed by atoms with Crippen LogP contribution in [0.3, 0.4) is 0 Å². The van der Waals surface area contributed by atoms with Crippen molar-refractivity contribution in [2.24, 2.45) is 0 Å². The predicted molar refractivity (Wildman–Crippen MR) is 128 cm³/mol. The van der Waals surface area contributed by atoms with Crippen molar-refractivity contribution >= 4 is 28.4 Å². The Hall–Kier alpha value is -4.38. The monoisotopic (exact) mass is 489 g/mol. The number of nitrogens with zero attached hydrogens (tertiary/aromatic N) is 5. The molecule has 0 radical (unpaired) electrons. The van der Waals surface area contributed by atoms with Crippen LogP contribution in [-0.4, -0.2) is 24.7 Å². The fraction of sp³-hybridized carbons (Fsp3) is 0.0833. The lowest BCUT2D eigenvalue weighted by Crippen LogP contribution is -2.22. The van der Waals surface area contributed by atoms with Crippen LogP contribution in [0.2, 0.25) is 0 Å². The van der Waals surface area contributed by atoms with Crippen molar-refractivity contribution in [3.8, 4) is 17.1 Å². The Morgan fingerprint density at radius 2 is 1.74 bits per heavy atom. The van der Waals surface area contributed by atoms with E-state index in [1.165, 1.54) is 52.7 Å². The summed E-state index contributed by atoms with van der Waals surface area (Å²) in [7, 11) is 0. The fourth-order valence-electron chi connectivity index (χ4n) is 3.49. The zero-order valence-corrected chi connectivity index (χ0v) is 19.0. The van der Waals surface area contributed by atoms with Gasteiger partial charge < -0.3 is 4.42 Å². The van der Waals surface area contributed by atoms with Crippen molar-refractivity contribution in [1.82, 2.24) is 19.7 Å². The lowest BCUT2D eigenvalue weighted by atomic mass is 10.2. The average molecular weight is 489 g/mol. The van der Waals surface area contributed by atoms with Gasteiger partial charge in [0.05, 0.1) is 26.8 Å². The Morgan fingerprint density at radius 3 is 2.49 bits per heavy atom. The lowest BCUT2D eigenvalue weighted by Gasteiger charge is -2.15. The number of fused-ring (bicyclic) bond motifs is 1. The maximum atomic E-state index is 14.7. The molecule has 35 heavy (non-hydrogen) atoms. The fourth-order valence-corrected chi connectivity index (χ4v) is 4.44. The van der Waals surface area contributed by atoms with E-state index in [1.807, 2.05) is 0 Å². The Morgan fingerprint density at radius 1 is 1.03 bits per heavy atom. The third-order valence-electron chi connectivity index (χ3n) is 5.23. The van der Waals surface area contributed by atoms with Crippen molar-refractivity contribution in [3.05, 3.63) is 105 Å². The van der Waals surface area contributed by atoms with Gasteiger partial charge in [-0.2, -0.15) is 0 Å². The summed E-state index contributed by atoms with van der Waals surface area (Å²) in [5.41, 5.74) is 0.650. The quantitative estimate of drug-likeness (QED) is 0.136. The second-order valence-corrected chi connectivity index (χ2v) is 8.82. The third-order valence-corrected chi connectivity index (χ3v) is 6.27. The van der Waals surface area contributed by atoms with Crippen molar-refractivity contribution in [1.29, 1.82) is 0 Å². The molecular weight excluding hydrogens is 473 g/mol. The van der Waals surface area contributed by atoms with E-state index in [2.05, 4.69) is 15.2 Å². The van der Waals surface area contributed by atoms with Gasteiger partial charge in [-0.1, -0.05) is 36.0 Å². The minimum atomic E-state index is -0.556. The molecule has 2 heterocycles. The van der Waals surface area contributed by atoms with E-state index < -0.39 is 21.5 Å². The summed E-state index contributed by atoms with van der Waals surface area (Å²) in [6.07, 6.45) is 0. The number of thioether (sulfide) groups is 1. The van der Waals surface area contributed by atoms with Crippen LogP contribution in [-0.2, 0) is 0 Å². The summed E-state index contributed by atoms with van der Waals surface area (Å²) in [6, 6.07) is 18.6. The number of nitro groups is 1. The molecule has 0 saturated carbocycles. The molecule has 2 aromatic heterocycles. The van der Waals surface area contributed by atoms with Gasteiger partial charge in [0.25, 0.3) is 11.2 Å². The van der Waals surface area contributed by atoms with Gasteiger partial charge in [0.2, 0.25) is 11.8 Å². The summed E-state index contributed by atoms with van der Waals surface area (Å²) in [5.74, 6) is -0.106. The number of halogens is 1. The van der Waals surface area contributed by atoms with Gasteiger partial charge in [-0.3, -0.25) is 19.5 Å². The molecule has 1 unspecified atom stereocenters. The van der Waals surface area contributed by atoms with Crippen molar-refractivity contribution in [2.75, 3.05) is 0 Å². The van der Waals surface area contributed by atoms with E-state index in [9.17, 15) is 19.3 Å². The predicted octanol–water partition coefficient (Wildman–Crippen LogP) is 5.34. The highest BCUT2D eigenvalue weighted by Gasteiger charge is 2.22. The molecule has 11 heteroatoms. The number of benzene rings is 3. The van der Waals surface area contributed by atoms with Crippen LogP contribution in [0.25, 0.3) is 28.0 Å². The minimum Gasteiger partial charge on any atom is -0.419 e. The molecule has 0 N–H and O–H groups in total. The minimum absolute atomic E-state index is 0.0501. The first-order valence-corrected chi connectivity index (χ1v) is 11.3. The topological polar surface area (TPSA) is 117 Å². The van der Waals surface area contributed by atoms with E-state index >= 15 is 0 Å². The van der Waals surface area contributed by atoms with E-state index in [0.717, 1.165) is 0 Å². The van der Waals surface area contributed by atoms with Crippen LogP contribution in [0, 0.1) is 15.9 Å². The number of nitro benzene ring substituents is 1. The molecule has 174 valence electrons. The van der Waals surface area contributed by atoms with E-state index in [-0.39, 0.29) is 28.3 Å². The summed E-state index contributed by atoms with van der Waals surface area (Å²) < 4.78 is 21.7. The van der Waals surface area contributed by atoms with Crippen molar-refractivity contribution in [3.63, 3.8) is 0 Å². The first-order valence-electron chi connectivity index (χ1n) is 10.4. The maximum absolute atomic E-state index is 14.7. The van der Waals surface area contributed by atoms with E-state index in [4.69, 9.17) is 4.42 Å². The van der Waals surface area contributed by atoms with Gasteiger partial charge >= 0.3 is 0 Å². The Balaban J connectivity index is 1.52. The van der Waals surface area contributed by atoms with E-state index in [0.29, 0.717) is 16.5 Å². The number of non-ortho nitro benzene ring substituents is 1. The normalized spacial score (nSPS) is 12.1. The number of hydrogen-bond donors (Lipinski definition) is 0. The lowest BCUT2D eigenvalue weighted by molar-refractivity contribution is -0.384. The van der Waals surface area contributed by atoms with Gasteiger partial charge in [-0.05, 0) is 43.3 Å². The standard InChI is InChI=1S/C24H16FN5O4S/c1-14(21-27-28-22(34-21)15-10-12-16(13-11-15)30(32)33)35-24-26-19-8-4-2-6-17(19)23(31)29(24)20-9-5-3-7-18(20)25/h2-14H,1H3. The largest absolute Gasteiger partial charge is 0.419 e. The summed E-state index contributed by atoms with van der Waals surface area (Å²) in [6.45, 7) is 1.80. The third kappa shape index (κ3) is 4.28. The molecule has 0 aliphatic rings. The molecule has 5 aromatic rings. The molecule has 9 nitrogen and oxygen atoms in total. The number of aromatic nitrogens is 4. The molecule has 0 aliphatic heterocycles. The Bertz CT molecular complexity index is 1620. The van der Waals surface area contributed by atoms with Crippen LogP contribution in [0.4, 0.5) is 10.1 Å². The number of para-hydroxylation sites is 2. The van der Waals surface area contributed by atoms with Gasteiger partial charge in [0.15, 0.2) is 5.16 Å². The maximum Gasteiger partial charge on any atom is 0.269 e. The molecule has 0 bridgehead atoms. The molecule has 5 rings (SSSR count). The molecular formula is C24H16FN5O4S. The average Bonchev–Trinajstić information content (AvgIpc) is 3.36. The SMILES string of the molecule is CC(Sc1nc2ccccc2c(=O)n1-c1ccccc1F)c1nnc(-c2ccc([N+](=O)[O-])cc2)o1. The van der Waals surface area contributed by atoms with Crippen LogP contribution in [0.5, 0.6) is 0 Å². The summed E-state index contributed by atoms with van der Waals surface area (Å²) in [5, 5.41) is 19.2. The second kappa shape index (κ2) is 9.11. The zero-order chi connectivity index (χ0) is 24.5. The van der Waals surface area contributed by atoms with Crippen LogP contribution in [0.15, 0.2) is 87.2 Å². The number of rotatable bonds is 6. The molecule has 0 saturated heterocycles. The summed E-state index contributed by atoms with van der Waals surface area (Å²) >= 11 is 1.17. The Labute approximate surface area is 201 Å². The molecule has 1 atom stereocenters. The van der Waals surface area contributed by atoms with Gasteiger partial charge in [-0.15, -0.1) is 10.2 Å². The first kappa shape index (κ1) is 22.4. The van der Waals surface area contributed by atoms with Crippen LogP contribution in [0.1, 0.15) is 18.1 Å². The highest BCUT2D eigenvalue weighted by atomic mass is 32.2. The Kier molecular flexibility index (Phi) is 5.83. The zero-order valence-electron chi connectivity index (χ0n) is 18.2. The van der Waals surface area contributed by atoms with Crippen molar-refractivity contribution in [2.45, 2.75) is 17.3 Å². The van der Waals surface area contributed by atoms with Crippen LogP contribution >= 0.6 is 11.8 Å². The molecule has 0 spiro atoms. The van der Waals surface area contributed by atoms with Crippen molar-refractivity contribution < 1.29 is 13.7 Å². The van der Waals surface area contributed by atoms with Gasteiger partial charge in [0, 0.05) is 17.7 Å².